The molecule has 1 aliphatic heterocycles. The smallest absolute Gasteiger partial charge is 0.133 e. The third-order valence-corrected chi connectivity index (χ3v) is 3.72. The van der Waals surface area contributed by atoms with Gasteiger partial charge < -0.3 is 9.63 Å². The highest BCUT2D eigenvalue weighted by molar-refractivity contribution is 5.03. The van der Waals surface area contributed by atoms with E-state index in [2.05, 4.69) is 21.9 Å². The molecule has 0 amide bonds. The Balaban J connectivity index is 1.89. The molecule has 1 saturated heterocycles. The molecule has 0 aliphatic carbocycles. The van der Waals surface area contributed by atoms with Crippen molar-refractivity contribution in [3.8, 4) is 0 Å². The normalized spacial score (nSPS) is 23.7. The van der Waals surface area contributed by atoms with E-state index in [0.717, 1.165) is 50.6 Å². The van der Waals surface area contributed by atoms with Gasteiger partial charge in [0, 0.05) is 44.8 Å². The van der Waals surface area contributed by atoms with Crippen LogP contribution in [0.4, 0.5) is 0 Å². The van der Waals surface area contributed by atoms with E-state index < -0.39 is 0 Å². The Morgan fingerprint density at radius 3 is 2.89 bits per heavy atom. The first kappa shape index (κ1) is 14.5. The summed E-state index contributed by atoms with van der Waals surface area (Å²) in [5.74, 6) is 0.870. The van der Waals surface area contributed by atoms with E-state index in [1.165, 1.54) is 0 Å². The molecule has 0 saturated carbocycles. The molecular weight excluding hydrogens is 242 g/mol. The molecule has 0 bridgehead atoms. The van der Waals surface area contributed by atoms with Gasteiger partial charge in [0.15, 0.2) is 0 Å². The lowest BCUT2D eigenvalue weighted by atomic mass is 10.1. The zero-order valence-electron chi connectivity index (χ0n) is 12.2. The van der Waals surface area contributed by atoms with Crippen LogP contribution < -0.4 is 0 Å². The fraction of sp³-hybridized carbons (Fsp3) is 0.786. The molecule has 1 aromatic rings. The van der Waals surface area contributed by atoms with Gasteiger partial charge in [-0.1, -0.05) is 12.1 Å². The highest BCUT2D eigenvalue weighted by Gasteiger charge is 2.26. The molecule has 5 heteroatoms. The molecule has 0 radical (unpaired) electrons. The summed E-state index contributed by atoms with van der Waals surface area (Å²) in [6.45, 7) is 10.7. The molecule has 1 fully saturated rings. The molecule has 0 aromatic carbocycles. The van der Waals surface area contributed by atoms with E-state index in [4.69, 9.17) is 4.52 Å². The number of nitrogens with zero attached hydrogens (tertiary/aromatic N) is 3. The van der Waals surface area contributed by atoms with Gasteiger partial charge in [-0.3, -0.25) is 9.80 Å². The van der Waals surface area contributed by atoms with Crippen molar-refractivity contribution in [3.05, 3.63) is 17.5 Å². The monoisotopic (exact) mass is 267 g/mol. The second kappa shape index (κ2) is 6.50. The zero-order valence-corrected chi connectivity index (χ0v) is 12.2. The Morgan fingerprint density at radius 2 is 2.32 bits per heavy atom. The molecular formula is C14H25N3O2. The Bertz CT molecular complexity index is 392. The third-order valence-electron chi connectivity index (χ3n) is 3.72. The lowest BCUT2D eigenvalue weighted by Gasteiger charge is -2.41. The number of aliphatic hydroxyl groups is 1. The van der Waals surface area contributed by atoms with Crippen molar-refractivity contribution >= 4 is 0 Å². The van der Waals surface area contributed by atoms with Gasteiger partial charge in [-0.2, -0.15) is 0 Å². The standard InChI is InChI=1S/C14H25N3O2/c1-4-14-10-16(5-6-17(14)8-11(2)18)9-13-7-12(3)19-15-13/h7,11,14,18H,4-6,8-10H2,1-3H3/t11-,14+/m0/s1. The molecule has 19 heavy (non-hydrogen) atoms. The number of hydrogen-bond acceptors (Lipinski definition) is 5. The van der Waals surface area contributed by atoms with Crippen molar-refractivity contribution in [2.24, 2.45) is 0 Å². The number of aromatic nitrogens is 1. The van der Waals surface area contributed by atoms with E-state index in [1.807, 2.05) is 19.9 Å². The van der Waals surface area contributed by atoms with Crippen LogP contribution in [-0.2, 0) is 6.54 Å². The lowest BCUT2D eigenvalue weighted by Crippen LogP contribution is -2.54. The first-order valence-corrected chi connectivity index (χ1v) is 7.15. The van der Waals surface area contributed by atoms with Gasteiger partial charge in [0.25, 0.3) is 0 Å². The topological polar surface area (TPSA) is 52.7 Å². The Morgan fingerprint density at radius 1 is 1.53 bits per heavy atom. The molecule has 2 heterocycles. The minimum absolute atomic E-state index is 0.251. The highest BCUT2D eigenvalue weighted by atomic mass is 16.5. The van der Waals surface area contributed by atoms with E-state index in [9.17, 15) is 5.11 Å². The van der Waals surface area contributed by atoms with Crippen molar-refractivity contribution in [2.45, 2.75) is 45.9 Å². The molecule has 5 nitrogen and oxygen atoms in total. The van der Waals surface area contributed by atoms with E-state index in [0.29, 0.717) is 6.04 Å². The van der Waals surface area contributed by atoms with Crippen molar-refractivity contribution in [1.82, 2.24) is 15.0 Å². The molecule has 1 N–H and O–H groups in total. The van der Waals surface area contributed by atoms with Crippen LogP contribution in [0.25, 0.3) is 0 Å². The molecule has 1 aromatic heterocycles. The summed E-state index contributed by atoms with van der Waals surface area (Å²) in [6, 6.07) is 2.53. The van der Waals surface area contributed by atoms with E-state index in [-0.39, 0.29) is 6.10 Å². The number of rotatable bonds is 5. The summed E-state index contributed by atoms with van der Waals surface area (Å²) in [5, 5.41) is 13.6. The summed E-state index contributed by atoms with van der Waals surface area (Å²) in [7, 11) is 0. The molecule has 2 rings (SSSR count). The number of hydrogen-bond donors (Lipinski definition) is 1. The molecule has 0 spiro atoms. The fourth-order valence-electron chi connectivity index (χ4n) is 2.79. The minimum Gasteiger partial charge on any atom is -0.392 e. The predicted octanol–water partition coefficient (Wildman–Crippen LogP) is 1.26. The largest absolute Gasteiger partial charge is 0.392 e. The highest BCUT2D eigenvalue weighted by Crippen LogP contribution is 2.16. The Labute approximate surface area is 115 Å². The summed E-state index contributed by atoms with van der Waals surface area (Å²) in [5.41, 5.74) is 1.01. The van der Waals surface area contributed by atoms with Crippen molar-refractivity contribution in [1.29, 1.82) is 0 Å². The quantitative estimate of drug-likeness (QED) is 0.870. The maximum Gasteiger partial charge on any atom is 0.133 e. The summed E-state index contributed by atoms with van der Waals surface area (Å²) < 4.78 is 5.11. The van der Waals surface area contributed by atoms with Crippen molar-refractivity contribution in [3.63, 3.8) is 0 Å². The van der Waals surface area contributed by atoms with Crippen LogP contribution in [0, 0.1) is 6.92 Å². The molecule has 1 aliphatic rings. The Kier molecular flexibility index (Phi) is 4.96. The van der Waals surface area contributed by atoms with Gasteiger partial charge in [0.2, 0.25) is 0 Å². The molecule has 108 valence electrons. The zero-order chi connectivity index (χ0) is 13.8. The fourth-order valence-corrected chi connectivity index (χ4v) is 2.79. The van der Waals surface area contributed by atoms with E-state index in [1.54, 1.807) is 0 Å². The average Bonchev–Trinajstić information content (AvgIpc) is 2.76. The van der Waals surface area contributed by atoms with Crippen LogP contribution in [0.5, 0.6) is 0 Å². The van der Waals surface area contributed by atoms with Crippen LogP contribution >= 0.6 is 0 Å². The SMILES string of the molecule is CC[C@@H]1CN(Cc2cc(C)on2)CCN1C[C@H](C)O. The molecule has 0 unspecified atom stereocenters. The maximum absolute atomic E-state index is 9.54. The van der Waals surface area contributed by atoms with Crippen molar-refractivity contribution in [2.75, 3.05) is 26.2 Å². The third kappa shape index (κ3) is 4.03. The van der Waals surface area contributed by atoms with E-state index >= 15 is 0 Å². The maximum atomic E-state index is 9.54. The van der Waals surface area contributed by atoms with Gasteiger partial charge in [-0.05, 0) is 20.3 Å². The second-order valence-electron chi connectivity index (χ2n) is 5.57. The van der Waals surface area contributed by atoms with Crippen LogP contribution in [0.2, 0.25) is 0 Å². The van der Waals surface area contributed by atoms with Crippen LogP contribution in [-0.4, -0.2) is 58.4 Å². The van der Waals surface area contributed by atoms with Crippen LogP contribution in [0.15, 0.2) is 10.6 Å². The average molecular weight is 267 g/mol. The summed E-state index contributed by atoms with van der Waals surface area (Å²) in [4.78, 5) is 4.82. The van der Waals surface area contributed by atoms with Gasteiger partial charge in [0.1, 0.15) is 5.76 Å². The number of β-amino-alcohol motifs (C(OH)–C–C–N with tert-alkyl or cyclic N) is 1. The van der Waals surface area contributed by atoms with Crippen LogP contribution in [0.1, 0.15) is 31.7 Å². The van der Waals surface area contributed by atoms with Crippen LogP contribution in [0.3, 0.4) is 0 Å². The van der Waals surface area contributed by atoms with Gasteiger partial charge in [-0.15, -0.1) is 0 Å². The summed E-state index contributed by atoms with van der Waals surface area (Å²) in [6.07, 6.45) is 0.861. The minimum atomic E-state index is -0.251. The van der Waals surface area contributed by atoms with Gasteiger partial charge >= 0.3 is 0 Å². The molecule has 2 atom stereocenters. The summed E-state index contributed by atoms with van der Waals surface area (Å²) >= 11 is 0. The van der Waals surface area contributed by atoms with Crippen molar-refractivity contribution < 1.29 is 9.63 Å². The predicted molar refractivity (Wildman–Crippen MR) is 73.8 cm³/mol. The van der Waals surface area contributed by atoms with Gasteiger partial charge in [0.05, 0.1) is 11.8 Å². The number of aliphatic hydroxyl groups excluding tert-OH is 1. The first-order valence-electron chi connectivity index (χ1n) is 7.15. The second-order valence-corrected chi connectivity index (χ2v) is 5.57. The first-order chi connectivity index (χ1) is 9.08. The number of aryl methyl sites for hydroxylation is 1. The number of piperazine rings is 1. The Hall–Kier alpha value is -0.910. The van der Waals surface area contributed by atoms with Gasteiger partial charge in [-0.25, -0.2) is 0 Å². The lowest BCUT2D eigenvalue weighted by molar-refractivity contribution is 0.0330.